The Kier molecular flexibility index (Phi) is 11.0. The Labute approximate surface area is 135 Å². The lowest BCUT2D eigenvalue weighted by Crippen LogP contribution is -2.29. The second-order valence-corrected chi connectivity index (χ2v) is 4.51. The standard InChI is InChI=1S/C15H23NO7/c1-11(2)13(17)21-8-7-20-6-5-16-15(19)23-10-9-22-14(18)12(3)4/h1,3,5-10H2,2,4H3,(H,16,19). The summed E-state index contributed by atoms with van der Waals surface area (Å²) in [5.74, 6) is -1.00. The minimum absolute atomic E-state index is 0.0380. The molecule has 0 aromatic carbocycles. The summed E-state index contributed by atoms with van der Waals surface area (Å²) in [7, 11) is 0. The lowest BCUT2D eigenvalue weighted by molar-refractivity contribution is -0.141. The third-order valence-electron chi connectivity index (χ3n) is 2.22. The molecule has 1 amide bonds. The number of ether oxygens (including phenoxy) is 4. The van der Waals surface area contributed by atoms with Crippen molar-refractivity contribution >= 4 is 18.0 Å². The van der Waals surface area contributed by atoms with E-state index in [2.05, 4.69) is 18.5 Å². The summed E-state index contributed by atoms with van der Waals surface area (Å²) >= 11 is 0. The maximum Gasteiger partial charge on any atom is 0.407 e. The van der Waals surface area contributed by atoms with Crippen molar-refractivity contribution in [3.05, 3.63) is 24.3 Å². The predicted octanol–water partition coefficient (Wildman–Crippen LogP) is 0.968. The quantitative estimate of drug-likeness (QED) is 0.261. The van der Waals surface area contributed by atoms with E-state index in [-0.39, 0.29) is 45.2 Å². The summed E-state index contributed by atoms with van der Waals surface area (Å²) < 4.78 is 19.5. The molecular formula is C15H23NO7. The smallest absolute Gasteiger partial charge is 0.407 e. The lowest BCUT2D eigenvalue weighted by Gasteiger charge is -2.08. The van der Waals surface area contributed by atoms with Crippen LogP contribution in [0.1, 0.15) is 13.8 Å². The Hall–Kier alpha value is -2.35. The van der Waals surface area contributed by atoms with Crippen LogP contribution >= 0.6 is 0 Å². The number of rotatable bonds is 11. The summed E-state index contributed by atoms with van der Waals surface area (Å²) in [5, 5.41) is 2.45. The van der Waals surface area contributed by atoms with E-state index in [1.165, 1.54) is 6.92 Å². The van der Waals surface area contributed by atoms with Crippen LogP contribution in [0.25, 0.3) is 0 Å². The van der Waals surface area contributed by atoms with Crippen molar-refractivity contribution in [1.29, 1.82) is 0 Å². The highest BCUT2D eigenvalue weighted by atomic mass is 16.6. The molecule has 0 bridgehead atoms. The van der Waals surface area contributed by atoms with Gasteiger partial charge >= 0.3 is 18.0 Å². The first-order valence-electron chi connectivity index (χ1n) is 6.98. The molecule has 0 aromatic heterocycles. The second-order valence-electron chi connectivity index (χ2n) is 4.51. The minimum atomic E-state index is -0.645. The Bertz CT molecular complexity index is 445. The fourth-order valence-electron chi connectivity index (χ4n) is 1.09. The van der Waals surface area contributed by atoms with Gasteiger partial charge in [0, 0.05) is 17.7 Å². The van der Waals surface area contributed by atoms with Gasteiger partial charge in [0.25, 0.3) is 0 Å². The third kappa shape index (κ3) is 11.9. The largest absolute Gasteiger partial charge is 0.460 e. The van der Waals surface area contributed by atoms with Gasteiger partial charge in [-0.1, -0.05) is 13.2 Å². The summed E-state index contributed by atoms with van der Waals surface area (Å²) in [6.45, 7) is 10.7. The van der Waals surface area contributed by atoms with Crippen molar-refractivity contribution < 1.29 is 33.3 Å². The van der Waals surface area contributed by atoms with Crippen molar-refractivity contribution in [3.8, 4) is 0 Å². The number of hydrogen-bond donors (Lipinski definition) is 1. The van der Waals surface area contributed by atoms with Gasteiger partial charge in [0.2, 0.25) is 0 Å². The van der Waals surface area contributed by atoms with Crippen LogP contribution in [-0.2, 0) is 28.5 Å². The molecule has 1 N–H and O–H groups in total. The van der Waals surface area contributed by atoms with Gasteiger partial charge < -0.3 is 24.3 Å². The van der Waals surface area contributed by atoms with Gasteiger partial charge in [-0.05, 0) is 13.8 Å². The zero-order valence-corrected chi connectivity index (χ0v) is 13.5. The summed E-state index contributed by atoms with van der Waals surface area (Å²) in [4.78, 5) is 33.3. The fourth-order valence-corrected chi connectivity index (χ4v) is 1.09. The number of alkyl carbamates (subject to hydrolysis) is 1. The Balaban J connectivity index is 3.43. The van der Waals surface area contributed by atoms with E-state index >= 15 is 0 Å². The highest BCUT2D eigenvalue weighted by Gasteiger charge is 2.05. The average molecular weight is 329 g/mol. The van der Waals surface area contributed by atoms with Gasteiger partial charge in [0.1, 0.15) is 19.8 Å². The highest BCUT2D eigenvalue weighted by Crippen LogP contribution is 1.92. The van der Waals surface area contributed by atoms with E-state index in [4.69, 9.17) is 18.9 Å². The van der Waals surface area contributed by atoms with Crippen molar-refractivity contribution in [2.75, 3.05) is 39.6 Å². The molecular weight excluding hydrogens is 306 g/mol. The van der Waals surface area contributed by atoms with Crippen molar-refractivity contribution in [3.63, 3.8) is 0 Å². The fraction of sp³-hybridized carbons (Fsp3) is 0.533. The second kappa shape index (κ2) is 12.2. The van der Waals surface area contributed by atoms with Crippen LogP contribution in [0.4, 0.5) is 4.79 Å². The molecule has 0 atom stereocenters. The monoisotopic (exact) mass is 329 g/mol. The number of carbonyl (C=O) groups is 3. The average Bonchev–Trinajstić information content (AvgIpc) is 2.49. The molecule has 0 aromatic rings. The number of esters is 2. The van der Waals surface area contributed by atoms with Gasteiger partial charge in [-0.3, -0.25) is 0 Å². The summed E-state index contributed by atoms with van der Waals surface area (Å²) in [6.07, 6.45) is -0.645. The normalized spacial score (nSPS) is 9.65. The van der Waals surface area contributed by atoms with Gasteiger partial charge in [0.05, 0.1) is 13.2 Å². The van der Waals surface area contributed by atoms with Crippen LogP contribution in [0.15, 0.2) is 24.3 Å². The van der Waals surface area contributed by atoms with E-state index in [9.17, 15) is 14.4 Å². The molecule has 0 radical (unpaired) electrons. The molecule has 0 saturated carbocycles. The Morgan fingerprint density at radius 2 is 1.26 bits per heavy atom. The van der Waals surface area contributed by atoms with E-state index in [1.54, 1.807) is 6.92 Å². The summed E-state index contributed by atoms with van der Waals surface area (Å²) in [6, 6.07) is 0. The molecule has 0 aliphatic rings. The van der Waals surface area contributed by atoms with Crippen LogP contribution in [0.3, 0.4) is 0 Å². The SMILES string of the molecule is C=C(C)C(=O)OCCOCCNC(=O)OCCOC(=O)C(=C)C. The molecule has 0 rings (SSSR count). The van der Waals surface area contributed by atoms with Crippen molar-refractivity contribution in [2.45, 2.75) is 13.8 Å². The van der Waals surface area contributed by atoms with Crippen LogP contribution in [0.2, 0.25) is 0 Å². The van der Waals surface area contributed by atoms with Crippen molar-refractivity contribution in [2.24, 2.45) is 0 Å². The van der Waals surface area contributed by atoms with Crippen LogP contribution in [-0.4, -0.2) is 57.6 Å². The number of nitrogens with one attached hydrogen (secondary N) is 1. The first kappa shape index (κ1) is 20.6. The molecule has 0 saturated heterocycles. The Morgan fingerprint density at radius 3 is 1.78 bits per heavy atom. The molecule has 8 nitrogen and oxygen atoms in total. The molecule has 23 heavy (non-hydrogen) atoms. The van der Waals surface area contributed by atoms with Gasteiger partial charge in [-0.15, -0.1) is 0 Å². The van der Waals surface area contributed by atoms with Crippen LogP contribution < -0.4 is 5.32 Å². The first-order chi connectivity index (χ1) is 10.8. The molecule has 8 heteroatoms. The number of amides is 1. The molecule has 130 valence electrons. The number of hydrogen-bond acceptors (Lipinski definition) is 7. The first-order valence-corrected chi connectivity index (χ1v) is 6.98. The lowest BCUT2D eigenvalue weighted by atomic mass is 10.4. The molecule has 0 aliphatic carbocycles. The van der Waals surface area contributed by atoms with Gasteiger partial charge in [-0.2, -0.15) is 0 Å². The zero-order chi connectivity index (χ0) is 17.7. The van der Waals surface area contributed by atoms with Gasteiger partial charge in [-0.25, -0.2) is 14.4 Å². The van der Waals surface area contributed by atoms with E-state index in [0.717, 1.165) is 0 Å². The van der Waals surface area contributed by atoms with E-state index in [0.29, 0.717) is 5.57 Å². The summed E-state index contributed by atoms with van der Waals surface area (Å²) in [5.41, 5.74) is 0.601. The third-order valence-corrected chi connectivity index (χ3v) is 2.22. The maximum atomic E-state index is 11.2. The minimum Gasteiger partial charge on any atom is -0.460 e. The van der Waals surface area contributed by atoms with E-state index in [1.807, 2.05) is 0 Å². The van der Waals surface area contributed by atoms with E-state index < -0.39 is 18.0 Å². The maximum absolute atomic E-state index is 11.2. The Morgan fingerprint density at radius 1 is 0.783 bits per heavy atom. The molecule has 0 aliphatic heterocycles. The molecule has 0 unspecified atom stereocenters. The predicted molar refractivity (Wildman–Crippen MR) is 81.7 cm³/mol. The highest BCUT2D eigenvalue weighted by molar-refractivity contribution is 5.87. The topological polar surface area (TPSA) is 100 Å². The number of carbonyl (C=O) groups excluding carboxylic acids is 3. The molecule has 0 heterocycles. The van der Waals surface area contributed by atoms with Crippen LogP contribution in [0, 0.1) is 0 Å². The molecule has 0 spiro atoms. The zero-order valence-electron chi connectivity index (χ0n) is 13.5. The van der Waals surface area contributed by atoms with Crippen molar-refractivity contribution in [1.82, 2.24) is 5.32 Å². The molecule has 0 fully saturated rings. The van der Waals surface area contributed by atoms with Crippen LogP contribution in [0.5, 0.6) is 0 Å². The van der Waals surface area contributed by atoms with Gasteiger partial charge in [0.15, 0.2) is 0 Å².